The molecule has 78 valence electrons. The first-order valence-electron chi connectivity index (χ1n) is 4.44. The maximum Gasteiger partial charge on any atom is 0.249 e. The number of pyridine rings is 1. The van der Waals surface area contributed by atoms with E-state index in [-0.39, 0.29) is 5.91 Å². The first kappa shape index (κ1) is 11.7. The van der Waals surface area contributed by atoms with Crippen molar-refractivity contribution in [3.8, 4) is 0 Å². The number of carbonyl (C=O) groups is 1. The molecule has 4 heteroatoms. The van der Waals surface area contributed by atoms with Crippen LogP contribution in [0.3, 0.4) is 0 Å². The smallest absolute Gasteiger partial charge is 0.249 e. The van der Waals surface area contributed by atoms with Crippen LogP contribution in [0.2, 0.25) is 0 Å². The van der Waals surface area contributed by atoms with Crippen LogP contribution in [0, 0.1) is 0 Å². The number of halogens is 1. The van der Waals surface area contributed by atoms with Gasteiger partial charge in [0.05, 0.1) is 0 Å². The van der Waals surface area contributed by atoms with E-state index >= 15 is 0 Å². The van der Waals surface area contributed by atoms with E-state index in [4.69, 9.17) is 0 Å². The number of nitrogens with zero attached hydrogens (tertiary/aromatic N) is 1. The van der Waals surface area contributed by atoms with Gasteiger partial charge in [-0.3, -0.25) is 4.79 Å². The summed E-state index contributed by atoms with van der Waals surface area (Å²) in [6.45, 7) is 1.89. The van der Waals surface area contributed by atoms with Gasteiger partial charge < -0.3 is 5.32 Å². The molecular formula is C11H11BrN2O. The van der Waals surface area contributed by atoms with Gasteiger partial charge >= 0.3 is 0 Å². The Bertz CT molecular complexity index is 382. The van der Waals surface area contributed by atoms with Gasteiger partial charge in [0, 0.05) is 16.7 Å². The maximum atomic E-state index is 11.3. The minimum Gasteiger partial charge on any atom is -0.307 e. The molecule has 0 bridgehead atoms. The van der Waals surface area contributed by atoms with Gasteiger partial charge in [0.15, 0.2) is 0 Å². The van der Waals surface area contributed by atoms with Crippen LogP contribution in [-0.2, 0) is 4.79 Å². The second-order valence-electron chi connectivity index (χ2n) is 2.74. The van der Waals surface area contributed by atoms with Crippen molar-refractivity contribution in [3.63, 3.8) is 0 Å². The Morgan fingerprint density at radius 2 is 2.27 bits per heavy atom. The summed E-state index contributed by atoms with van der Waals surface area (Å²) in [5.41, 5.74) is 0. The average Bonchev–Trinajstić information content (AvgIpc) is 2.22. The van der Waals surface area contributed by atoms with Crippen LogP contribution in [0.4, 0.5) is 5.82 Å². The van der Waals surface area contributed by atoms with Crippen LogP contribution < -0.4 is 5.32 Å². The van der Waals surface area contributed by atoms with Crippen molar-refractivity contribution in [1.29, 1.82) is 0 Å². The molecule has 3 nitrogen and oxygen atoms in total. The molecule has 0 saturated heterocycles. The lowest BCUT2D eigenvalue weighted by Crippen LogP contribution is -2.08. The molecule has 0 saturated carbocycles. The zero-order valence-corrected chi connectivity index (χ0v) is 9.86. The summed E-state index contributed by atoms with van der Waals surface area (Å²) >= 11 is 3.26. The molecule has 1 rings (SSSR count). The second kappa shape index (κ2) is 6.14. The van der Waals surface area contributed by atoms with Gasteiger partial charge in [-0.25, -0.2) is 4.98 Å². The van der Waals surface area contributed by atoms with Crippen LogP contribution in [0.15, 0.2) is 47.1 Å². The number of aromatic nitrogens is 1. The highest BCUT2D eigenvalue weighted by molar-refractivity contribution is 9.10. The highest BCUT2D eigenvalue weighted by Crippen LogP contribution is 2.10. The molecule has 0 fully saturated rings. The van der Waals surface area contributed by atoms with Crippen molar-refractivity contribution in [2.24, 2.45) is 0 Å². The fourth-order valence-corrected chi connectivity index (χ4v) is 1.11. The van der Waals surface area contributed by atoms with Gasteiger partial charge in [-0.15, -0.1) is 0 Å². The molecule has 0 aliphatic carbocycles. The van der Waals surface area contributed by atoms with Gasteiger partial charge in [0.25, 0.3) is 0 Å². The monoisotopic (exact) mass is 266 g/mol. The molecule has 0 atom stereocenters. The van der Waals surface area contributed by atoms with Gasteiger partial charge in [0.2, 0.25) is 5.91 Å². The Balaban J connectivity index is 2.55. The van der Waals surface area contributed by atoms with Gasteiger partial charge in [-0.2, -0.15) is 0 Å². The first-order valence-corrected chi connectivity index (χ1v) is 5.23. The van der Waals surface area contributed by atoms with E-state index < -0.39 is 0 Å². The van der Waals surface area contributed by atoms with E-state index in [2.05, 4.69) is 26.2 Å². The number of allylic oxidation sites excluding steroid dienone is 3. The van der Waals surface area contributed by atoms with Crippen molar-refractivity contribution in [1.82, 2.24) is 4.98 Å². The molecule has 1 amide bonds. The fourth-order valence-electron chi connectivity index (χ4n) is 0.872. The highest BCUT2D eigenvalue weighted by Gasteiger charge is 1.97. The van der Waals surface area contributed by atoms with Crippen LogP contribution in [0.5, 0.6) is 0 Å². The van der Waals surface area contributed by atoms with E-state index in [1.54, 1.807) is 24.4 Å². The van der Waals surface area contributed by atoms with E-state index in [0.717, 1.165) is 4.47 Å². The summed E-state index contributed by atoms with van der Waals surface area (Å²) in [6, 6.07) is 3.55. The molecule has 0 spiro atoms. The van der Waals surface area contributed by atoms with Crippen LogP contribution >= 0.6 is 15.9 Å². The molecule has 1 aromatic rings. The maximum absolute atomic E-state index is 11.3. The van der Waals surface area contributed by atoms with Crippen LogP contribution in [0.25, 0.3) is 0 Å². The second-order valence-corrected chi connectivity index (χ2v) is 3.65. The zero-order chi connectivity index (χ0) is 11.1. The lowest BCUT2D eigenvalue weighted by molar-refractivity contribution is -0.111. The van der Waals surface area contributed by atoms with E-state index in [9.17, 15) is 4.79 Å². The molecule has 0 unspecified atom stereocenters. The Morgan fingerprint density at radius 1 is 1.47 bits per heavy atom. The minimum absolute atomic E-state index is 0.192. The zero-order valence-electron chi connectivity index (χ0n) is 8.27. The van der Waals surface area contributed by atoms with Gasteiger partial charge in [-0.05, 0) is 35.0 Å². The molecule has 1 N–H and O–H groups in total. The van der Waals surface area contributed by atoms with Crippen molar-refractivity contribution in [3.05, 3.63) is 47.1 Å². The van der Waals surface area contributed by atoms with E-state index in [1.165, 1.54) is 6.08 Å². The van der Waals surface area contributed by atoms with Gasteiger partial charge in [-0.1, -0.05) is 18.2 Å². The first-order chi connectivity index (χ1) is 7.22. The van der Waals surface area contributed by atoms with Crippen molar-refractivity contribution in [2.75, 3.05) is 5.32 Å². The number of rotatable bonds is 3. The third-order valence-electron chi connectivity index (χ3n) is 1.53. The Hall–Kier alpha value is -1.42. The summed E-state index contributed by atoms with van der Waals surface area (Å²) < 4.78 is 0.880. The number of hydrogen-bond acceptors (Lipinski definition) is 2. The average molecular weight is 267 g/mol. The topological polar surface area (TPSA) is 42.0 Å². The quantitative estimate of drug-likeness (QED) is 0.675. The normalized spacial score (nSPS) is 11.1. The van der Waals surface area contributed by atoms with Crippen molar-refractivity contribution < 1.29 is 4.79 Å². The summed E-state index contributed by atoms with van der Waals surface area (Å²) in [7, 11) is 0. The van der Waals surface area contributed by atoms with Gasteiger partial charge in [0.1, 0.15) is 5.82 Å². The molecule has 0 aliphatic rings. The fraction of sp³-hybridized carbons (Fsp3) is 0.0909. The number of carbonyl (C=O) groups excluding carboxylic acids is 1. The Morgan fingerprint density at radius 3 is 2.87 bits per heavy atom. The minimum atomic E-state index is -0.192. The third kappa shape index (κ3) is 4.56. The highest BCUT2D eigenvalue weighted by atomic mass is 79.9. The molecule has 0 radical (unpaired) electrons. The van der Waals surface area contributed by atoms with Crippen molar-refractivity contribution >= 4 is 27.7 Å². The summed E-state index contributed by atoms with van der Waals surface area (Å²) in [5, 5.41) is 2.64. The van der Waals surface area contributed by atoms with E-state index in [0.29, 0.717) is 5.82 Å². The molecule has 1 aromatic heterocycles. The molecule has 0 aliphatic heterocycles. The largest absolute Gasteiger partial charge is 0.307 e. The Kier molecular flexibility index (Phi) is 4.77. The lowest BCUT2D eigenvalue weighted by atomic mass is 10.4. The molecular weight excluding hydrogens is 256 g/mol. The lowest BCUT2D eigenvalue weighted by Gasteiger charge is -1.99. The Labute approximate surface area is 97.0 Å². The van der Waals surface area contributed by atoms with Crippen LogP contribution in [-0.4, -0.2) is 10.9 Å². The van der Waals surface area contributed by atoms with Crippen molar-refractivity contribution in [2.45, 2.75) is 6.92 Å². The summed E-state index contributed by atoms with van der Waals surface area (Å²) in [6.07, 6.45) is 8.39. The number of amides is 1. The third-order valence-corrected chi connectivity index (χ3v) is 2.00. The molecule has 15 heavy (non-hydrogen) atoms. The summed E-state index contributed by atoms with van der Waals surface area (Å²) in [4.78, 5) is 15.3. The predicted molar refractivity (Wildman–Crippen MR) is 64.5 cm³/mol. The number of nitrogens with one attached hydrogen (secondary N) is 1. The summed E-state index contributed by atoms with van der Waals surface area (Å²) in [5.74, 6) is 0.344. The standard InChI is InChI=1S/C11H11BrN2O/c1-2-3-4-5-11(15)14-10-7-6-9(12)8-13-10/h2-8H,1H3,(H,13,14,15)/b3-2+,5-4+. The number of anilines is 1. The SMILES string of the molecule is C/C=C/C=C/C(=O)Nc1ccc(Br)cn1. The molecule has 1 heterocycles. The van der Waals surface area contributed by atoms with E-state index in [1.807, 2.05) is 19.1 Å². The van der Waals surface area contributed by atoms with Crippen LogP contribution in [0.1, 0.15) is 6.92 Å². The predicted octanol–water partition coefficient (Wildman–Crippen LogP) is 2.91. The number of hydrogen-bond donors (Lipinski definition) is 1. The molecule has 0 aromatic carbocycles.